The zero-order valence-corrected chi connectivity index (χ0v) is 19.7. The maximum absolute atomic E-state index is 12.7. The molecule has 0 fully saturated rings. The molecule has 0 aliphatic heterocycles. The molecule has 1 N–H and O–H groups in total. The third-order valence-corrected chi connectivity index (χ3v) is 5.60. The van der Waals surface area contributed by atoms with Crippen molar-refractivity contribution in [3.05, 3.63) is 84.3 Å². The van der Waals surface area contributed by atoms with E-state index >= 15 is 0 Å². The van der Waals surface area contributed by atoms with E-state index in [1.807, 2.05) is 37.2 Å². The summed E-state index contributed by atoms with van der Waals surface area (Å²) in [5.74, 6) is 0.409. The van der Waals surface area contributed by atoms with Gasteiger partial charge in [-0.1, -0.05) is 6.07 Å². The molecule has 0 aliphatic rings. The number of hydrogen-bond acceptors (Lipinski definition) is 7. The molecular formula is C25H20F3N7O2. The summed E-state index contributed by atoms with van der Waals surface area (Å²) in [6, 6.07) is 11.3. The van der Waals surface area contributed by atoms with Crippen LogP contribution in [-0.4, -0.2) is 44.3 Å². The summed E-state index contributed by atoms with van der Waals surface area (Å²) in [6.07, 6.45) is 1.04. The van der Waals surface area contributed by atoms with Gasteiger partial charge in [0.25, 0.3) is 5.91 Å². The Morgan fingerprint density at radius 1 is 1.03 bits per heavy atom. The number of carbonyl (C=O) groups is 1. The van der Waals surface area contributed by atoms with Crippen LogP contribution in [0.4, 0.5) is 18.9 Å². The van der Waals surface area contributed by atoms with Crippen LogP contribution in [0, 0.1) is 0 Å². The number of fused-ring (bicyclic) bond motifs is 2. The Kier molecular flexibility index (Phi) is 6.07. The molecular weight excluding hydrogens is 487 g/mol. The first-order valence-electron chi connectivity index (χ1n) is 11.1. The van der Waals surface area contributed by atoms with Crippen molar-refractivity contribution in [1.29, 1.82) is 0 Å². The Morgan fingerprint density at radius 2 is 1.86 bits per heavy atom. The number of pyridine rings is 2. The lowest BCUT2D eigenvalue weighted by Crippen LogP contribution is -2.24. The summed E-state index contributed by atoms with van der Waals surface area (Å²) < 4.78 is 45.6. The van der Waals surface area contributed by atoms with Gasteiger partial charge < -0.3 is 15.0 Å². The molecule has 9 nitrogen and oxygen atoms in total. The molecule has 0 spiro atoms. The van der Waals surface area contributed by atoms with Crippen LogP contribution >= 0.6 is 0 Å². The smallest absolute Gasteiger partial charge is 0.433 e. The minimum atomic E-state index is -4.52. The zero-order valence-electron chi connectivity index (χ0n) is 19.7. The van der Waals surface area contributed by atoms with Gasteiger partial charge in [0.15, 0.2) is 0 Å². The lowest BCUT2D eigenvalue weighted by molar-refractivity contribution is -0.141. The third-order valence-electron chi connectivity index (χ3n) is 5.60. The Morgan fingerprint density at radius 3 is 2.59 bits per heavy atom. The molecule has 0 atom stereocenters. The fourth-order valence-corrected chi connectivity index (χ4v) is 3.65. The van der Waals surface area contributed by atoms with Crippen molar-refractivity contribution < 1.29 is 22.7 Å². The van der Waals surface area contributed by atoms with Gasteiger partial charge in [-0.25, -0.2) is 15.0 Å². The molecule has 188 valence electrons. The van der Waals surface area contributed by atoms with Crippen LogP contribution in [0.25, 0.3) is 16.6 Å². The number of rotatable bonds is 6. The molecule has 5 rings (SSSR count). The lowest BCUT2D eigenvalue weighted by atomic mass is 10.2. The fourth-order valence-electron chi connectivity index (χ4n) is 3.65. The van der Waals surface area contributed by atoms with Gasteiger partial charge in [0.2, 0.25) is 5.88 Å². The molecule has 37 heavy (non-hydrogen) atoms. The quantitative estimate of drug-likeness (QED) is 0.362. The van der Waals surface area contributed by atoms with Crippen molar-refractivity contribution in [2.75, 3.05) is 19.0 Å². The minimum absolute atomic E-state index is 0.00865. The monoisotopic (exact) mass is 507 g/mol. The Balaban J connectivity index is 1.31. The average Bonchev–Trinajstić information content (AvgIpc) is 3.30. The number of nitrogens with one attached hydrogen (secondary N) is 1. The lowest BCUT2D eigenvalue weighted by Gasteiger charge is -2.13. The van der Waals surface area contributed by atoms with E-state index in [4.69, 9.17) is 4.74 Å². The van der Waals surface area contributed by atoms with E-state index in [1.54, 1.807) is 22.7 Å². The van der Waals surface area contributed by atoms with Gasteiger partial charge in [-0.15, -0.1) is 0 Å². The van der Waals surface area contributed by atoms with Gasteiger partial charge in [0.1, 0.15) is 29.1 Å². The fraction of sp³-hybridized carbons (Fsp3) is 0.160. The number of benzene rings is 1. The van der Waals surface area contributed by atoms with Crippen LogP contribution in [0.5, 0.6) is 11.6 Å². The summed E-state index contributed by atoms with van der Waals surface area (Å²) in [4.78, 5) is 30.9. The van der Waals surface area contributed by atoms with Gasteiger partial charge in [0.05, 0.1) is 17.1 Å². The van der Waals surface area contributed by atoms with E-state index in [1.165, 1.54) is 18.6 Å². The molecule has 4 heterocycles. The highest BCUT2D eigenvalue weighted by Gasteiger charge is 2.32. The number of aromatic nitrogens is 5. The van der Waals surface area contributed by atoms with Gasteiger partial charge in [-0.05, 0) is 35.9 Å². The molecule has 0 saturated carbocycles. The number of carbonyl (C=O) groups excluding carboxylic acids is 1. The van der Waals surface area contributed by atoms with Gasteiger partial charge in [0, 0.05) is 44.8 Å². The number of anilines is 1. The van der Waals surface area contributed by atoms with Crippen molar-refractivity contribution >= 4 is 28.1 Å². The van der Waals surface area contributed by atoms with Crippen LogP contribution in [0.2, 0.25) is 0 Å². The SMILES string of the molecule is CN(C)c1ccc2c(Oc3ccn4c(C(=O)NCc5ccc(C(F)(F)F)nc5)cnc4c3)ncnc2c1. The van der Waals surface area contributed by atoms with Crippen LogP contribution in [0.1, 0.15) is 21.7 Å². The molecule has 0 unspecified atom stereocenters. The second kappa shape index (κ2) is 9.37. The molecule has 0 bridgehead atoms. The standard InChI is InChI=1S/C25H20F3N7O2/c1-34(2)16-4-5-18-19(9-16)32-14-33-24(18)37-17-7-8-35-20(13-30-22(35)10-17)23(36)31-12-15-3-6-21(29-11-15)25(26,27)28/h3-11,13-14H,12H2,1-2H3,(H,31,36). The molecule has 4 aromatic heterocycles. The maximum atomic E-state index is 12.7. The molecule has 0 aliphatic carbocycles. The molecule has 12 heteroatoms. The Hall–Kier alpha value is -4.74. The number of amides is 1. The Bertz CT molecular complexity index is 1600. The van der Waals surface area contributed by atoms with Gasteiger partial charge in [-0.2, -0.15) is 13.2 Å². The van der Waals surface area contributed by atoms with Crippen LogP contribution in [0.15, 0.2) is 67.4 Å². The van der Waals surface area contributed by atoms with Crippen LogP contribution in [0.3, 0.4) is 0 Å². The number of halogens is 3. The molecule has 0 radical (unpaired) electrons. The van der Waals surface area contributed by atoms with Gasteiger partial charge >= 0.3 is 6.18 Å². The minimum Gasteiger partial charge on any atom is -0.438 e. The third kappa shape index (κ3) is 4.99. The van der Waals surface area contributed by atoms with E-state index in [9.17, 15) is 18.0 Å². The second-order valence-electron chi connectivity index (χ2n) is 8.34. The van der Waals surface area contributed by atoms with Crippen molar-refractivity contribution in [1.82, 2.24) is 29.7 Å². The second-order valence-corrected chi connectivity index (χ2v) is 8.34. The first kappa shape index (κ1) is 24.0. The predicted molar refractivity (Wildman–Crippen MR) is 130 cm³/mol. The first-order valence-corrected chi connectivity index (χ1v) is 11.1. The molecule has 5 aromatic rings. The predicted octanol–water partition coefficient (Wildman–Crippen LogP) is 4.48. The Labute approximate surface area is 208 Å². The van der Waals surface area contributed by atoms with Crippen molar-refractivity contribution in [3.8, 4) is 11.6 Å². The number of alkyl halides is 3. The summed E-state index contributed by atoms with van der Waals surface area (Å²) in [7, 11) is 3.89. The maximum Gasteiger partial charge on any atom is 0.433 e. The topological polar surface area (TPSA) is 97.5 Å². The summed E-state index contributed by atoms with van der Waals surface area (Å²) in [5, 5.41) is 3.41. The van der Waals surface area contributed by atoms with E-state index in [2.05, 4.69) is 25.3 Å². The summed E-state index contributed by atoms with van der Waals surface area (Å²) in [5.41, 5.74) is 1.89. The zero-order chi connectivity index (χ0) is 26.2. The molecule has 1 aromatic carbocycles. The van der Waals surface area contributed by atoms with E-state index in [-0.39, 0.29) is 12.2 Å². The number of imidazole rings is 1. The largest absolute Gasteiger partial charge is 0.438 e. The van der Waals surface area contributed by atoms with Crippen molar-refractivity contribution in [2.24, 2.45) is 0 Å². The molecule has 1 amide bonds. The van der Waals surface area contributed by atoms with E-state index in [0.717, 1.165) is 28.9 Å². The van der Waals surface area contributed by atoms with Crippen LogP contribution < -0.4 is 15.0 Å². The average molecular weight is 507 g/mol. The van der Waals surface area contributed by atoms with Crippen molar-refractivity contribution in [2.45, 2.75) is 12.7 Å². The summed E-state index contributed by atoms with van der Waals surface area (Å²) >= 11 is 0. The van der Waals surface area contributed by atoms with Gasteiger partial charge in [-0.3, -0.25) is 14.2 Å². The van der Waals surface area contributed by atoms with Crippen LogP contribution in [-0.2, 0) is 12.7 Å². The van der Waals surface area contributed by atoms with E-state index in [0.29, 0.717) is 22.8 Å². The number of nitrogens with zero attached hydrogens (tertiary/aromatic N) is 6. The summed E-state index contributed by atoms with van der Waals surface area (Å²) in [6.45, 7) is 0.00865. The van der Waals surface area contributed by atoms with Crippen molar-refractivity contribution in [3.63, 3.8) is 0 Å². The molecule has 0 saturated heterocycles. The highest BCUT2D eigenvalue weighted by molar-refractivity contribution is 5.93. The highest BCUT2D eigenvalue weighted by atomic mass is 19.4. The first-order chi connectivity index (χ1) is 17.7. The van der Waals surface area contributed by atoms with E-state index < -0.39 is 17.8 Å². The number of hydrogen-bond donors (Lipinski definition) is 1. The highest BCUT2D eigenvalue weighted by Crippen LogP contribution is 2.30. The number of ether oxygens (including phenoxy) is 1. The normalized spacial score (nSPS) is 11.6.